The zero-order valence-corrected chi connectivity index (χ0v) is 19.7. The SMILES string of the molecule is CCOc1ccc(C(C(=O)Cc2ccc(C(C)(C)C)cc2)N(C)C(=O)c2cc(=O)[nH]o2)cc1. The third-order valence-electron chi connectivity index (χ3n) is 5.45. The summed E-state index contributed by atoms with van der Waals surface area (Å²) in [5, 5.41) is 2.11. The number of aromatic amines is 1. The monoisotopic (exact) mass is 450 g/mol. The molecule has 0 bridgehead atoms. The van der Waals surface area contributed by atoms with Crippen molar-refractivity contribution in [1.82, 2.24) is 10.1 Å². The van der Waals surface area contributed by atoms with Crippen LogP contribution in [-0.2, 0) is 16.6 Å². The molecule has 3 rings (SSSR count). The maximum absolute atomic E-state index is 13.5. The van der Waals surface area contributed by atoms with Crippen molar-refractivity contribution in [3.05, 3.63) is 87.4 Å². The van der Waals surface area contributed by atoms with Gasteiger partial charge in [0.05, 0.1) is 12.7 Å². The summed E-state index contributed by atoms with van der Waals surface area (Å²) in [5.41, 5.74) is 2.17. The Bertz CT molecular complexity index is 1150. The molecule has 0 radical (unpaired) electrons. The molecule has 3 aromatic rings. The number of ketones is 1. The summed E-state index contributed by atoms with van der Waals surface area (Å²) in [4.78, 5) is 39.1. The Balaban J connectivity index is 1.90. The molecule has 1 heterocycles. The molecule has 7 nitrogen and oxygen atoms in total. The molecule has 2 aromatic carbocycles. The zero-order valence-electron chi connectivity index (χ0n) is 19.7. The Hall–Kier alpha value is -3.61. The Morgan fingerprint density at radius 3 is 2.21 bits per heavy atom. The van der Waals surface area contributed by atoms with Crippen LogP contribution in [0.25, 0.3) is 0 Å². The van der Waals surface area contributed by atoms with E-state index in [1.807, 2.05) is 31.2 Å². The number of hydrogen-bond acceptors (Lipinski definition) is 5. The minimum atomic E-state index is -0.865. The number of amides is 1. The van der Waals surface area contributed by atoms with E-state index in [4.69, 9.17) is 9.26 Å². The molecule has 1 amide bonds. The highest BCUT2D eigenvalue weighted by atomic mass is 16.5. The molecule has 1 atom stereocenters. The van der Waals surface area contributed by atoms with E-state index in [2.05, 4.69) is 25.9 Å². The third-order valence-corrected chi connectivity index (χ3v) is 5.45. The molecule has 0 aliphatic rings. The van der Waals surface area contributed by atoms with Gasteiger partial charge in [-0.25, -0.2) is 0 Å². The van der Waals surface area contributed by atoms with E-state index < -0.39 is 17.5 Å². The van der Waals surface area contributed by atoms with Crippen LogP contribution in [0.5, 0.6) is 5.75 Å². The molecule has 0 spiro atoms. The number of H-pyrrole nitrogens is 1. The topological polar surface area (TPSA) is 92.6 Å². The Kier molecular flexibility index (Phi) is 7.21. The van der Waals surface area contributed by atoms with E-state index in [9.17, 15) is 14.4 Å². The Morgan fingerprint density at radius 1 is 1.06 bits per heavy atom. The van der Waals surface area contributed by atoms with Crippen LogP contribution in [-0.4, -0.2) is 35.4 Å². The number of rotatable bonds is 8. The maximum Gasteiger partial charge on any atom is 0.293 e. The van der Waals surface area contributed by atoms with Crippen LogP contribution >= 0.6 is 0 Å². The summed E-state index contributed by atoms with van der Waals surface area (Å²) >= 11 is 0. The van der Waals surface area contributed by atoms with Gasteiger partial charge in [0.2, 0.25) is 5.76 Å². The first-order valence-corrected chi connectivity index (χ1v) is 10.9. The summed E-state index contributed by atoms with van der Waals surface area (Å²) in [5.74, 6) is -0.198. The molecule has 174 valence electrons. The van der Waals surface area contributed by atoms with E-state index in [1.165, 1.54) is 17.5 Å². The second-order valence-electron chi connectivity index (χ2n) is 8.99. The van der Waals surface area contributed by atoms with Crippen LogP contribution in [0.15, 0.2) is 63.9 Å². The lowest BCUT2D eigenvalue weighted by Gasteiger charge is -2.27. The second-order valence-corrected chi connectivity index (χ2v) is 8.99. The van der Waals surface area contributed by atoms with Gasteiger partial charge >= 0.3 is 0 Å². The van der Waals surface area contributed by atoms with Gasteiger partial charge in [-0.2, -0.15) is 5.16 Å². The molecular weight excluding hydrogens is 420 g/mol. The smallest absolute Gasteiger partial charge is 0.293 e. The first kappa shape index (κ1) is 24.0. The van der Waals surface area contributed by atoms with E-state index in [-0.39, 0.29) is 23.4 Å². The predicted molar refractivity (Wildman–Crippen MR) is 126 cm³/mol. The number of likely N-dealkylation sites (N-methyl/N-ethyl adjacent to an activating group) is 1. The molecule has 1 N–H and O–H groups in total. The van der Waals surface area contributed by atoms with Crippen LogP contribution in [0.3, 0.4) is 0 Å². The highest BCUT2D eigenvalue weighted by Gasteiger charge is 2.31. The van der Waals surface area contributed by atoms with Crippen molar-refractivity contribution in [2.24, 2.45) is 0 Å². The van der Waals surface area contributed by atoms with Gasteiger partial charge in [0.15, 0.2) is 5.78 Å². The molecular formula is C26H30N2O5. The van der Waals surface area contributed by atoms with Gasteiger partial charge in [0.25, 0.3) is 11.5 Å². The first-order chi connectivity index (χ1) is 15.6. The van der Waals surface area contributed by atoms with Crippen molar-refractivity contribution >= 4 is 11.7 Å². The van der Waals surface area contributed by atoms with Crippen LogP contribution in [0.4, 0.5) is 0 Å². The largest absolute Gasteiger partial charge is 0.494 e. The average molecular weight is 451 g/mol. The minimum Gasteiger partial charge on any atom is -0.494 e. The highest BCUT2D eigenvalue weighted by Crippen LogP contribution is 2.27. The van der Waals surface area contributed by atoms with E-state index in [0.29, 0.717) is 17.9 Å². The lowest BCUT2D eigenvalue weighted by atomic mass is 9.86. The molecule has 0 saturated carbocycles. The number of benzene rings is 2. The van der Waals surface area contributed by atoms with Crippen molar-refractivity contribution in [2.75, 3.05) is 13.7 Å². The van der Waals surface area contributed by atoms with Crippen LogP contribution in [0.1, 0.15) is 61.0 Å². The fraction of sp³-hybridized carbons (Fsp3) is 0.346. The van der Waals surface area contributed by atoms with Crippen LogP contribution in [0.2, 0.25) is 0 Å². The van der Waals surface area contributed by atoms with Crippen LogP contribution < -0.4 is 10.3 Å². The number of carbonyl (C=O) groups is 2. The second kappa shape index (κ2) is 9.90. The summed E-state index contributed by atoms with van der Waals surface area (Å²) in [6.45, 7) is 8.82. The summed E-state index contributed by atoms with van der Waals surface area (Å²) in [6, 6.07) is 15.2. The number of Topliss-reactive ketones (excluding diaryl/α,β-unsaturated/α-hetero) is 1. The number of carbonyl (C=O) groups excluding carboxylic acids is 2. The molecule has 7 heteroatoms. The van der Waals surface area contributed by atoms with Crippen LogP contribution in [0, 0.1) is 0 Å². The summed E-state index contributed by atoms with van der Waals surface area (Å²) in [7, 11) is 1.52. The molecule has 0 aliphatic carbocycles. The maximum atomic E-state index is 13.5. The predicted octanol–water partition coefficient (Wildman–Crippen LogP) is 4.29. The van der Waals surface area contributed by atoms with Gasteiger partial charge < -0.3 is 14.2 Å². The van der Waals surface area contributed by atoms with E-state index >= 15 is 0 Å². The lowest BCUT2D eigenvalue weighted by Crippen LogP contribution is -2.36. The van der Waals surface area contributed by atoms with Crippen molar-refractivity contribution in [2.45, 2.75) is 45.6 Å². The Labute approximate surface area is 193 Å². The molecule has 1 unspecified atom stereocenters. The average Bonchev–Trinajstić information content (AvgIpc) is 3.20. The quantitative estimate of drug-likeness (QED) is 0.553. The van der Waals surface area contributed by atoms with E-state index in [0.717, 1.165) is 11.6 Å². The fourth-order valence-electron chi connectivity index (χ4n) is 3.64. The number of ether oxygens (including phenoxy) is 1. The fourth-order valence-corrected chi connectivity index (χ4v) is 3.64. The van der Waals surface area contributed by atoms with Crippen molar-refractivity contribution < 1.29 is 18.8 Å². The standard InChI is InChI=1S/C26H30N2O5/c1-6-32-20-13-9-18(10-14-20)24(28(5)25(31)22-16-23(30)27-33-22)21(29)15-17-7-11-19(12-8-17)26(2,3)4/h7-14,16,24H,6,15H2,1-5H3,(H,27,30). The normalized spacial score (nSPS) is 12.3. The van der Waals surface area contributed by atoms with Crippen molar-refractivity contribution in [1.29, 1.82) is 0 Å². The highest BCUT2D eigenvalue weighted by molar-refractivity contribution is 5.96. The number of nitrogens with one attached hydrogen (secondary N) is 1. The lowest BCUT2D eigenvalue weighted by molar-refractivity contribution is -0.122. The number of hydrogen-bond donors (Lipinski definition) is 1. The first-order valence-electron chi connectivity index (χ1n) is 10.9. The van der Waals surface area contributed by atoms with Gasteiger partial charge in [-0.15, -0.1) is 0 Å². The van der Waals surface area contributed by atoms with Crippen molar-refractivity contribution in [3.8, 4) is 5.75 Å². The molecule has 1 aromatic heterocycles. The van der Waals surface area contributed by atoms with Gasteiger partial charge in [-0.1, -0.05) is 57.2 Å². The summed E-state index contributed by atoms with van der Waals surface area (Å²) in [6.07, 6.45) is 0.150. The van der Waals surface area contributed by atoms with E-state index in [1.54, 1.807) is 24.3 Å². The summed E-state index contributed by atoms with van der Waals surface area (Å²) < 4.78 is 10.5. The van der Waals surface area contributed by atoms with Gasteiger partial charge in [-0.05, 0) is 41.2 Å². The van der Waals surface area contributed by atoms with Gasteiger partial charge in [0, 0.05) is 13.5 Å². The minimum absolute atomic E-state index is 0.0144. The van der Waals surface area contributed by atoms with Crippen molar-refractivity contribution in [3.63, 3.8) is 0 Å². The number of nitrogens with zero attached hydrogens (tertiary/aromatic N) is 1. The zero-order chi connectivity index (χ0) is 24.2. The molecule has 0 aliphatic heterocycles. The molecule has 0 saturated heterocycles. The van der Waals surface area contributed by atoms with Gasteiger partial charge in [0.1, 0.15) is 11.8 Å². The number of aromatic nitrogens is 1. The van der Waals surface area contributed by atoms with Gasteiger partial charge in [-0.3, -0.25) is 14.4 Å². The third kappa shape index (κ3) is 5.80. The molecule has 33 heavy (non-hydrogen) atoms. The molecule has 0 fully saturated rings. The Morgan fingerprint density at radius 2 is 1.70 bits per heavy atom.